The van der Waals surface area contributed by atoms with Gasteiger partial charge in [0.15, 0.2) is 0 Å². The zero-order valence-electron chi connectivity index (χ0n) is 9.99. The highest BCUT2D eigenvalue weighted by molar-refractivity contribution is 5.83. The first-order valence-electron chi connectivity index (χ1n) is 5.54. The largest absolute Gasteiger partial charge is 0.329 e. The van der Waals surface area contributed by atoms with E-state index in [2.05, 4.69) is 16.9 Å². The van der Waals surface area contributed by atoms with Crippen LogP contribution in [0.5, 0.6) is 0 Å². The van der Waals surface area contributed by atoms with E-state index in [0.717, 1.165) is 0 Å². The molecule has 5 nitrogen and oxygen atoms in total. The van der Waals surface area contributed by atoms with E-state index >= 15 is 0 Å². The van der Waals surface area contributed by atoms with Gasteiger partial charge < -0.3 is 5.32 Å². The maximum Gasteiger partial charge on any atom is 0.254 e. The molecule has 90 valence electrons. The van der Waals surface area contributed by atoms with Crippen molar-refractivity contribution in [2.75, 3.05) is 0 Å². The summed E-state index contributed by atoms with van der Waals surface area (Å²) in [4.78, 5) is 28.0. The van der Waals surface area contributed by atoms with Crippen LogP contribution in [0.2, 0.25) is 0 Å². The number of allylic oxidation sites excluding steroid dienone is 1. The van der Waals surface area contributed by atoms with Crippen LogP contribution >= 0.6 is 0 Å². The third kappa shape index (κ3) is 2.13. The minimum atomic E-state index is -0.471. The van der Waals surface area contributed by atoms with Crippen molar-refractivity contribution >= 4 is 5.91 Å². The molecule has 1 unspecified atom stereocenters. The van der Waals surface area contributed by atoms with Crippen LogP contribution < -0.4 is 10.9 Å². The highest BCUT2D eigenvalue weighted by Gasteiger charge is 2.27. The van der Waals surface area contributed by atoms with Gasteiger partial charge in [-0.05, 0) is 26.7 Å². The number of amides is 1. The minimum absolute atomic E-state index is 0.178. The van der Waals surface area contributed by atoms with Gasteiger partial charge in [0, 0.05) is 17.5 Å². The maximum atomic E-state index is 11.9. The fourth-order valence-electron chi connectivity index (χ4n) is 2.14. The van der Waals surface area contributed by atoms with Crippen LogP contribution in [0.1, 0.15) is 30.4 Å². The van der Waals surface area contributed by atoms with Crippen LogP contribution in [0.25, 0.3) is 0 Å². The summed E-state index contributed by atoms with van der Waals surface area (Å²) in [5.74, 6) is 0.389. The smallest absolute Gasteiger partial charge is 0.254 e. The lowest BCUT2D eigenvalue weighted by Gasteiger charge is -2.26. The molecule has 1 saturated heterocycles. The van der Waals surface area contributed by atoms with Crippen LogP contribution in [0.4, 0.5) is 0 Å². The molecule has 1 atom stereocenters. The summed E-state index contributed by atoms with van der Waals surface area (Å²) in [6.45, 7) is 7.22. The van der Waals surface area contributed by atoms with Gasteiger partial charge in [0.05, 0.1) is 0 Å². The van der Waals surface area contributed by atoms with Crippen molar-refractivity contribution in [1.29, 1.82) is 0 Å². The van der Waals surface area contributed by atoms with Crippen molar-refractivity contribution in [3.8, 4) is 0 Å². The Kier molecular flexibility index (Phi) is 2.83. The van der Waals surface area contributed by atoms with Crippen LogP contribution in [-0.2, 0) is 4.79 Å². The van der Waals surface area contributed by atoms with E-state index in [4.69, 9.17) is 0 Å². The third-order valence-electron chi connectivity index (χ3n) is 2.89. The molecule has 0 radical (unpaired) electrons. The van der Waals surface area contributed by atoms with E-state index in [0.29, 0.717) is 30.1 Å². The van der Waals surface area contributed by atoms with Crippen LogP contribution in [0, 0.1) is 13.8 Å². The molecular formula is C12H15N3O2. The Morgan fingerprint density at radius 1 is 1.47 bits per heavy atom. The van der Waals surface area contributed by atoms with Crippen molar-refractivity contribution in [3.63, 3.8) is 0 Å². The average molecular weight is 233 g/mol. The quantitative estimate of drug-likeness (QED) is 0.781. The highest BCUT2D eigenvalue weighted by Crippen LogP contribution is 2.21. The van der Waals surface area contributed by atoms with Crippen molar-refractivity contribution in [2.45, 2.75) is 32.7 Å². The van der Waals surface area contributed by atoms with Crippen LogP contribution in [-0.4, -0.2) is 15.5 Å². The Morgan fingerprint density at radius 3 is 2.76 bits per heavy atom. The Morgan fingerprint density at radius 2 is 2.18 bits per heavy atom. The summed E-state index contributed by atoms with van der Waals surface area (Å²) in [6, 6.07) is 0.977. The molecule has 1 aromatic rings. The molecule has 2 heterocycles. The lowest BCUT2D eigenvalue weighted by atomic mass is 10.0. The first-order valence-corrected chi connectivity index (χ1v) is 5.54. The van der Waals surface area contributed by atoms with Crippen LogP contribution in [0.3, 0.4) is 0 Å². The second kappa shape index (κ2) is 4.16. The summed E-state index contributed by atoms with van der Waals surface area (Å²) in [6.07, 6.45) is 1.28. The molecule has 1 aliphatic rings. The minimum Gasteiger partial charge on any atom is -0.329 e. The van der Waals surface area contributed by atoms with Crippen LogP contribution in [0.15, 0.2) is 23.1 Å². The molecule has 1 aromatic heterocycles. The number of aromatic nitrogens is 2. The van der Waals surface area contributed by atoms with Gasteiger partial charge in [-0.2, -0.15) is 0 Å². The number of piperidine rings is 1. The van der Waals surface area contributed by atoms with Gasteiger partial charge in [-0.15, -0.1) is 0 Å². The molecule has 1 fully saturated rings. The molecule has 0 bridgehead atoms. The Bertz CT molecular complexity index is 545. The number of carbonyl (C=O) groups is 1. The second-order valence-corrected chi connectivity index (χ2v) is 4.30. The lowest BCUT2D eigenvalue weighted by molar-refractivity contribution is -0.125. The van der Waals surface area contributed by atoms with Crippen molar-refractivity contribution < 1.29 is 4.79 Å². The second-order valence-electron chi connectivity index (χ2n) is 4.30. The van der Waals surface area contributed by atoms with E-state index in [9.17, 15) is 9.59 Å². The van der Waals surface area contributed by atoms with Gasteiger partial charge in [0.25, 0.3) is 5.56 Å². The number of aryl methyl sites for hydroxylation is 2. The lowest BCUT2D eigenvalue weighted by Crippen LogP contribution is -2.41. The Labute approximate surface area is 99.2 Å². The third-order valence-corrected chi connectivity index (χ3v) is 2.89. The molecule has 17 heavy (non-hydrogen) atoms. The molecule has 2 rings (SSSR count). The zero-order chi connectivity index (χ0) is 12.6. The molecule has 0 saturated carbocycles. The Balaban J connectivity index is 2.44. The monoisotopic (exact) mass is 233 g/mol. The van der Waals surface area contributed by atoms with Crippen molar-refractivity contribution in [3.05, 3.63) is 40.2 Å². The highest BCUT2D eigenvalue weighted by atomic mass is 16.2. The fraction of sp³-hybridized carbons (Fsp3) is 0.417. The summed E-state index contributed by atoms with van der Waals surface area (Å²) >= 11 is 0. The molecule has 1 amide bonds. The topological polar surface area (TPSA) is 64.0 Å². The van der Waals surface area contributed by atoms with Gasteiger partial charge in [-0.3, -0.25) is 14.2 Å². The molecule has 0 aliphatic carbocycles. The molecule has 0 aromatic carbocycles. The first-order chi connectivity index (χ1) is 7.99. The van der Waals surface area contributed by atoms with Crippen molar-refractivity contribution in [2.24, 2.45) is 0 Å². The molecule has 1 aliphatic heterocycles. The van der Waals surface area contributed by atoms with E-state index in [-0.39, 0.29) is 11.5 Å². The standard InChI is InChI=1S/C12H15N3O2/c1-7-4-5-10(12(17)14-7)15-9(3)13-8(2)6-11(15)16/h6,10H,1,4-5H2,2-3H3,(H,14,17). The predicted molar refractivity (Wildman–Crippen MR) is 63.5 cm³/mol. The molecule has 5 heteroatoms. The van der Waals surface area contributed by atoms with Gasteiger partial charge in [0.1, 0.15) is 11.9 Å². The predicted octanol–water partition coefficient (Wildman–Crippen LogP) is 0.825. The number of carbonyl (C=O) groups excluding carboxylic acids is 1. The van der Waals surface area contributed by atoms with Gasteiger partial charge in [-0.25, -0.2) is 4.98 Å². The van der Waals surface area contributed by atoms with Gasteiger partial charge in [-0.1, -0.05) is 6.58 Å². The maximum absolute atomic E-state index is 11.9. The number of nitrogens with one attached hydrogen (secondary N) is 1. The number of hydrogen-bond acceptors (Lipinski definition) is 3. The van der Waals surface area contributed by atoms with E-state index in [1.807, 2.05) is 0 Å². The zero-order valence-corrected chi connectivity index (χ0v) is 9.99. The number of rotatable bonds is 1. The molecular weight excluding hydrogens is 218 g/mol. The summed E-state index contributed by atoms with van der Waals surface area (Å²) in [5.41, 5.74) is 1.20. The van der Waals surface area contributed by atoms with E-state index in [1.165, 1.54) is 10.6 Å². The Hall–Kier alpha value is -1.91. The van der Waals surface area contributed by atoms with Crippen molar-refractivity contribution in [1.82, 2.24) is 14.9 Å². The fourth-order valence-corrected chi connectivity index (χ4v) is 2.14. The molecule has 1 N–H and O–H groups in total. The SMILES string of the molecule is C=C1CCC(n2c(C)nc(C)cc2=O)C(=O)N1. The van der Waals surface area contributed by atoms with E-state index < -0.39 is 6.04 Å². The normalized spacial score (nSPS) is 20.2. The average Bonchev–Trinajstić information content (AvgIpc) is 2.19. The first kappa shape index (κ1) is 11.6. The van der Waals surface area contributed by atoms with Gasteiger partial charge >= 0.3 is 0 Å². The number of nitrogens with zero attached hydrogens (tertiary/aromatic N) is 2. The summed E-state index contributed by atoms with van der Waals surface area (Å²) < 4.78 is 1.45. The summed E-state index contributed by atoms with van der Waals surface area (Å²) in [7, 11) is 0. The number of hydrogen-bond donors (Lipinski definition) is 1. The molecule has 0 spiro atoms. The summed E-state index contributed by atoms with van der Waals surface area (Å²) in [5, 5.41) is 2.68. The van der Waals surface area contributed by atoms with Gasteiger partial charge in [0.2, 0.25) is 5.91 Å². The van der Waals surface area contributed by atoms with E-state index in [1.54, 1.807) is 13.8 Å².